The molecule has 0 saturated carbocycles. The molecule has 1 aromatic carbocycles. The molecule has 0 spiro atoms. The lowest BCUT2D eigenvalue weighted by molar-refractivity contribution is -0.117. The summed E-state index contributed by atoms with van der Waals surface area (Å²) >= 11 is 0. The van der Waals surface area contributed by atoms with Crippen molar-refractivity contribution in [2.75, 3.05) is 25.0 Å². The van der Waals surface area contributed by atoms with Crippen molar-refractivity contribution in [2.24, 2.45) is 11.8 Å². The van der Waals surface area contributed by atoms with Gasteiger partial charge >= 0.3 is 0 Å². The molecule has 3 heteroatoms. The lowest BCUT2D eigenvalue weighted by Gasteiger charge is -2.34. The van der Waals surface area contributed by atoms with E-state index in [4.69, 9.17) is 0 Å². The molecule has 1 aliphatic heterocycles. The van der Waals surface area contributed by atoms with Crippen molar-refractivity contribution in [3.63, 3.8) is 0 Å². The first-order valence-electron chi connectivity index (χ1n) is 8.48. The summed E-state index contributed by atoms with van der Waals surface area (Å²) < 4.78 is 0. The molecule has 1 heterocycles. The number of amides is 1. The largest absolute Gasteiger partial charge is 0.324 e. The number of hydrogen-bond acceptors (Lipinski definition) is 2. The topological polar surface area (TPSA) is 32.3 Å². The molecule has 1 aromatic rings. The number of anilines is 1. The highest BCUT2D eigenvalue weighted by molar-refractivity contribution is 5.93. The molecule has 1 aliphatic rings. The van der Waals surface area contributed by atoms with Crippen LogP contribution >= 0.6 is 0 Å². The fourth-order valence-electron chi connectivity index (χ4n) is 3.65. The summed E-state index contributed by atoms with van der Waals surface area (Å²) in [4.78, 5) is 14.8. The number of benzene rings is 1. The fourth-order valence-corrected chi connectivity index (χ4v) is 3.65. The second kappa shape index (κ2) is 7.28. The van der Waals surface area contributed by atoms with Crippen LogP contribution in [0.2, 0.25) is 0 Å². The van der Waals surface area contributed by atoms with Crippen LogP contribution in [0.3, 0.4) is 0 Å². The number of nitrogens with one attached hydrogen (secondary N) is 1. The van der Waals surface area contributed by atoms with Crippen LogP contribution in [-0.4, -0.2) is 30.4 Å². The Morgan fingerprint density at radius 2 is 1.91 bits per heavy atom. The molecule has 2 rings (SSSR count). The smallest absolute Gasteiger partial charge is 0.238 e. The number of piperidine rings is 1. The molecule has 1 N–H and O–H groups in total. The lowest BCUT2D eigenvalue weighted by Crippen LogP contribution is -2.43. The van der Waals surface area contributed by atoms with Crippen molar-refractivity contribution in [1.82, 2.24) is 4.90 Å². The SMILES string of the molecule is Cc1cccc(C(C)C)c1NC(=O)CN1C[C@@H](C)C[C@H](C)C1. The maximum Gasteiger partial charge on any atom is 0.238 e. The molecule has 0 radical (unpaired) electrons. The van der Waals surface area contributed by atoms with Crippen LogP contribution in [-0.2, 0) is 4.79 Å². The van der Waals surface area contributed by atoms with Crippen LogP contribution in [0.1, 0.15) is 51.2 Å². The van der Waals surface area contributed by atoms with E-state index in [0.29, 0.717) is 24.3 Å². The van der Waals surface area contributed by atoms with E-state index in [1.54, 1.807) is 0 Å². The van der Waals surface area contributed by atoms with Gasteiger partial charge in [-0.1, -0.05) is 45.9 Å². The van der Waals surface area contributed by atoms with E-state index >= 15 is 0 Å². The van der Waals surface area contributed by atoms with E-state index in [2.05, 4.69) is 63.0 Å². The van der Waals surface area contributed by atoms with Crippen molar-refractivity contribution in [3.8, 4) is 0 Å². The summed E-state index contributed by atoms with van der Waals surface area (Å²) in [6, 6.07) is 6.24. The van der Waals surface area contributed by atoms with Gasteiger partial charge in [0, 0.05) is 18.8 Å². The Bertz CT molecular complexity index is 514. The van der Waals surface area contributed by atoms with Gasteiger partial charge in [0.15, 0.2) is 0 Å². The highest BCUT2D eigenvalue weighted by atomic mass is 16.2. The highest BCUT2D eigenvalue weighted by Crippen LogP contribution is 2.27. The number of nitrogens with zero attached hydrogens (tertiary/aromatic N) is 1. The van der Waals surface area contributed by atoms with Gasteiger partial charge in [-0.25, -0.2) is 0 Å². The monoisotopic (exact) mass is 302 g/mol. The third-order valence-electron chi connectivity index (χ3n) is 4.50. The number of rotatable bonds is 4. The third-order valence-corrected chi connectivity index (χ3v) is 4.50. The summed E-state index contributed by atoms with van der Waals surface area (Å²) in [5, 5.41) is 3.16. The normalized spacial score (nSPS) is 22.8. The first-order valence-corrected chi connectivity index (χ1v) is 8.48. The van der Waals surface area contributed by atoms with Gasteiger partial charge in [0.2, 0.25) is 5.91 Å². The number of hydrogen-bond donors (Lipinski definition) is 1. The summed E-state index contributed by atoms with van der Waals surface area (Å²) in [7, 11) is 0. The molecule has 0 bridgehead atoms. The zero-order valence-electron chi connectivity index (χ0n) is 14.6. The summed E-state index contributed by atoms with van der Waals surface area (Å²) in [5.74, 6) is 1.88. The van der Waals surface area contributed by atoms with Crippen molar-refractivity contribution in [2.45, 2.75) is 47.0 Å². The maximum atomic E-state index is 12.5. The Morgan fingerprint density at radius 1 is 1.27 bits per heavy atom. The molecule has 122 valence electrons. The quantitative estimate of drug-likeness (QED) is 0.910. The number of aryl methyl sites for hydroxylation is 1. The zero-order valence-corrected chi connectivity index (χ0v) is 14.6. The van der Waals surface area contributed by atoms with Gasteiger partial charge in [-0.2, -0.15) is 0 Å². The van der Waals surface area contributed by atoms with Crippen molar-refractivity contribution < 1.29 is 4.79 Å². The first kappa shape index (κ1) is 17.0. The number of para-hydroxylation sites is 1. The van der Waals surface area contributed by atoms with E-state index in [-0.39, 0.29) is 5.91 Å². The van der Waals surface area contributed by atoms with E-state index in [1.807, 2.05) is 0 Å². The number of likely N-dealkylation sites (tertiary alicyclic amines) is 1. The lowest BCUT2D eigenvalue weighted by atomic mass is 9.92. The molecular formula is C19H30N2O. The minimum absolute atomic E-state index is 0.109. The highest BCUT2D eigenvalue weighted by Gasteiger charge is 2.23. The van der Waals surface area contributed by atoms with Crippen LogP contribution in [0.5, 0.6) is 0 Å². The van der Waals surface area contributed by atoms with Gasteiger partial charge in [0.25, 0.3) is 0 Å². The fraction of sp³-hybridized carbons (Fsp3) is 0.632. The molecule has 2 atom stereocenters. The van der Waals surface area contributed by atoms with E-state index in [1.165, 1.54) is 12.0 Å². The van der Waals surface area contributed by atoms with Gasteiger partial charge in [-0.3, -0.25) is 9.69 Å². The Hall–Kier alpha value is -1.35. The van der Waals surface area contributed by atoms with Gasteiger partial charge < -0.3 is 5.32 Å². The molecule has 22 heavy (non-hydrogen) atoms. The molecule has 1 amide bonds. The Morgan fingerprint density at radius 3 is 2.50 bits per heavy atom. The summed E-state index contributed by atoms with van der Waals surface area (Å²) in [6.07, 6.45) is 1.27. The van der Waals surface area contributed by atoms with Gasteiger partial charge in [0.1, 0.15) is 0 Å². The van der Waals surface area contributed by atoms with Crippen molar-refractivity contribution in [1.29, 1.82) is 0 Å². The average Bonchev–Trinajstić information content (AvgIpc) is 2.39. The van der Waals surface area contributed by atoms with Gasteiger partial charge in [-0.05, 0) is 42.2 Å². The zero-order chi connectivity index (χ0) is 16.3. The second-order valence-corrected chi connectivity index (χ2v) is 7.38. The molecule has 1 fully saturated rings. The van der Waals surface area contributed by atoms with Gasteiger partial charge in [0.05, 0.1) is 6.54 Å². The molecule has 3 nitrogen and oxygen atoms in total. The maximum absolute atomic E-state index is 12.5. The Kier molecular flexibility index (Phi) is 5.63. The van der Waals surface area contributed by atoms with Gasteiger partial charge in [-0.15, -0.1) is 0 Å². The first-order chi connectivity index (χ1) is 10.4. The number of carbonyl (C=O) groups excluding carboxylic acids is 1. The second-order valence-electron chi connectivity index (χ2n) is 7.38. The predicted octanol–water partition coefficient (Wildman–Crippen LogP) is 4.03. The third kappa shape index (κ3) is 4.33. The molecule has 0 aromatic heterocycles. The molecule has 0 unspecified atom stereocenters. The average molecular weight is 302 g/mol. The summed E-state index contributed by atoms with van der Waals surface area (Å²) in [5.41, 5.74) is 3.36. The molecule has 0 aliphatic carbocycles. The van der Waals surface area contributed by atoms with Crippen LogP contribution in [0.4, 0.5) is 5.69 Å². The minimum atomic E-state index is 0.109. The van der Waals surface area contributed by atoms with Crippen molar-refractivity contribution >= 4 is 11.6 Å². The van der Waals surface area contributed by atoms with E-state index in [9.17, 15) is 4.79 Å². The van der Waals surface area contributed by atoms with Crippen molar-refractivity contribution in [3.05, 3.63) is 29.3 Å². The van der Waals surface area contributed by atoms with Crippen LogP contribution in [0, 0.1) is 18.8 Å². The van der Waals surface area contributed by atoms with E-state index < -0.39 is 0 Å². The standard InChI is InChI=1S/C19H30N2O/c1-13(2)17-8-6-7-16(5)19(17)20-18(22)12-21-10-14(3)9-15(4)11-21/h6-8,13-15H,9-12H2,1-5H3,(H,20,22)/t14-,15-/m0/s1. The van der Waals surface area contributed by atoms with Crippen LogP contribution in [0.15, 0.2) is 18.2 Å². The molecule has 1 saturated heterocycles. The Labute approximate surface area is 135 Å². The minimum Gasteiger partial charge on any atom is -0.324 e. The predicted molar refractivity (Wildman–Crippen MR) is 93.3 cm³/mol. The Balaban J connectivity index is 2.03. The summed E-state index contributed by atoms with van der Waals surface area (Å²) in [6.45, 7) is 13.5. The van der Waals surface area contributed by atoms with E-state index in [0.717, 1.165) is 24.3 Å². The molecular weight excluding hydrogens is 272 g/mol. The van der Waals surface area contributed by atoms with Crippen LogP contribution < -0.4 is 5.32 Å². The number of carbonyl (C=O) groups is 1. The van der Waals surface area contributed by atoms with Crippen LogP contribution in [0.25, 0.3) is 0 Å².